The first-order chi connectivity index (χ1) is 5.91. The average Bonchev–Trinajstić information content (AvgIpc) is 2.03. The summed E-state index contributed by atoms with van der Waals surface area (Å²) in [5.41, 5.74) is 4.85. The Morgan fingerprint density at radius 3 is 2.00 bits per heavy atom. The van der Waals surface area contributed by atoms with Crippen molar-refractivity contribution >= 4 is 0 Å². The fourth-order valence-electron chi connectivity index (χ4n) is 0.871. The van der Waals surface area contributed by atoms with Crippen LogP contribution in [0.15, 0.2) is 24.3 Å². The van der Waals surface area contributed by atoms with E-state index >= 15 is 0 Å². The molecule has 0 amide bonds. The number of rotatable bonds is 1. The standard InChI is InChI=1S/C8H8F3NO/c9-8(10,11)7(12)5-1-3-6(13)4-2-5/h1-4,7,13H,12H2. The smallest absolute Gasteiger partial charge is 0.407 e. The minimum absolute atomic E-state index is 0.0645. The molecule has 1 unspecified atom stereocenters. The van der Waals surface area contributed by atoms with Crippen molar-refractivity contribution in [3.05, 3.63) is 29.8 Å². The van der Waals surface area contributed by atoms with Crippen LogP contribution in [0.4, 0.5) is 13.2 Å². The zero-order valence-electron chi connectivity index (χ0n) is 6.55. The van der Waals surface area contributed by atoms with Gasteiger partial charge in [-0.1, -0.05) is 12.1 Å². The van der Waals surface area contributed by atoms with Gasteiger partial charge in [0.15, 0.2) is 0 Å². The minimum Gasteiger partial charge on any atom is -0.508 e. The highest BCUT2D eigenvalue weighted by Crippen LogP contribution is 2.30. The number of hydrogen-bond donors (Lipinski definition) is 2. The molecule has 1 aromatic carbocycles. The number of alkyl halides is 3. The van der Waals surface area contributed by atoms with Crippen LogP contribution < -0.4 is 5.73 Å². The number of hydrogen-bond acceptors (Lipinski definition) is 2. The number of benzene rings is 1. The number of phenolic OH excluding ortho intramolecular Hbond substituents is 1. The Balaban J connectivity index is 2.90. The predicted molar refractivity (Wildman–Crippen MR) is 41.1 cm³/mol. The summed E-state index contributed by atoms with van der Waals surface area (Å²) in [4.78, 5) is 0. The second-order valence-electron chi connectivity index (χ2n) is 2.61. The molecule has 0 fully saturated rings. The first kappa shape index (κ1) is 9.85. The monoisotopic (exact) mass is 191 g/mol. The molecule has 0 heterocycles. The number of nitrogens with two attached hydrogens (primary N) is 1. The van der Waals surface area contributed by atoms with E-state index in [-0.39, 0.29) is 11.3 Å². The summed E-state index contributed by atoms with van der Waals surface area (Å²) in [5, 5.41) is 8.82. The van der Waals surface area contributed by atoms with Gasteiger partial charge in [0.05, 0.1) is 0 Å². The normalized spacial score (nSPS) is 14.2. The maximum absolute atomic E-state index is 12.0. The lowest BCUT2D eigenvalue weighted by molar-refractivity contribution is -0.149. The van der Waals surface area contributed by atoms with Crippen molar-refractivity contribution in [1.29, 1.82) is 0 Å². The lowest BCUT2D eigenvalue weighted by atomic mass is 10.1. The first-order valence-corrected chi connectivity index (χ1v) is 3.52. The topological polar surface area (TPSA) is 46.2 Å². The Bertz CT molecular complexity index is 280. The molecule has 0 aliphatic carbocycles. The fraction of sp³-hybridized carbons (Fsp3) is 0.250. The van der Waals surface area contributed by atoms with Crippen molar-refractivity contribution < 1.29 is 18.3 Å². The van der Waals surface area contributed by atoms with Gasteiger partial charge in [-0.05, 0) is 17.7 Å². The fourth-order valence-corrected chi connectivity index (χ4v) is 0.871. The second-order valence-corrected chi connectivity index (χ2v) is 2.61. The van der Waals surface area contributed by atoms with Crippen LogP contribution in [0.1, 0.15) is 11.6 Å². The van der Waals surface area contributed by atoms with Crippen molar-refractivity contribution in [3.63, 3.8) is 0 Å². The van der Waals surface area contributed by atoms with Crippen LogP contribution in [0.2, 0.25) is 0 Å². The summed E-state index contributed by atoms with van der Waals surface area (Å²) >= 11 is 0. The molecule has 3 N–H and O–H groups in total. The Morgan fingerprint density at radius 1 is 1.15 bits per heavy atom. The van der Waals surface area contributed by atoms with Gasteiger partial charge in [-0.2, -0.15) is 13.2 Å². The van der Waals surface area contributed by atoms with Crippen molar-refractivity contribution in [3.8, 4) is 5.75 Å². The molecular weight excluding hydrogens is 183 g/mol. The van der Waals surface area contributed by atoms with Crippen LogP contribution in [0.5, 0.6) is 5.75 Å². The van der Waals surface area contributed by atoms with Crippen LogP contribution in [0.3, 0.4) is 0 Å². The van der Waals surface area contributed by atoms with Crippen LogP contribution in [0.25, 0.3) is 0 Å². The highest BCUT2D eigenvalue weighted by Gasteiger charge is 2.37. The van der Waals surface area contributed by atoms with Crippen molar-refractivity contribution in [2.24, 2.45) is 5.73 Å². The van der Waals surface area contributed by atoms with Crippen LogP contribution in [-0.4, -0.2) is 11.3 Å². The van der Waals surface area contributed by atoms with Gasteiger partial charge < -0.3 is 10.8 Å². The van der Waals surface area contributed by atoms with Crippen molar-refractivity contribution in [1.82, 2.24) is 0 Å². The van der Waals surface area contributed by atoms with E-state index in [0.717, 1.165) is 12.1 Å². The highest BCUT2D eigenvalue weighted by molar-refractivity contribution is 5.28. The molecule has 0 saturated carbocycles. The van der Waals surface area contributed by atoms with Gasteiger partial charge in [0.25, 0.3) is 0 Å². The molecule has 0 aromatic heterocycles. The quantitative estimate of drug-likeness (QED) is 0.712. The first-order valence-electron chi connectivity index (χ1n) is 3.52. The third-order valence-corrected chi connectivity index (χ3v) is 1.60. The molecule has 2 nitrogen and oxygen atoms in total. The molecule has 5 heteroatoms. The summed E-state index contributed by atoms with van der Waals surface area (Å²) in [6, 6.07) is 2.64. The van der Waals surface area contributed by atoms with Gasteiger partial charge in [-0.25, -0.2) is 0 Å². The molecule has 13 heavy (non-hydrogen) atoms. The summed E-state index contributed by atoms with van der Waals surface area (Å²) < 4.78 is 36.1. The minimum atomic E-state index is -4.45. The molecule has 0 saturated heterocycles. The molecule has 1 rings (SSSR count). The van der Waals surface area contributed by atoms with Gasteiger partial charge >= 0.3 is 6.18 Å². The largest absolute Gasteiger partial charge is 0.508 e. The third kappa shape index (κ3) is 2.35. The van der Waals surface area contributed by atoms with Crippen LogP contribution in [-0.2, 0) is 0 Å². The van der Waals surface area contributed by atoms with E-state index in [2.05, 4.69) is 0 Å². The Hall–Kier alpha value is -1.23. The van der Waals surface area contributed by atoms with Gasteiger partial charge in [0.1, 0.15) is 11.8 Å². The van der Waals surface area contributed by atoms with Crippen LogP contribution >= 0.6 is 0 Å². The number of phenols is 1. The van der Waals surface area contributed by atoms with Gasteiger partial charge in [0.2, 0.25) is 0 Å². The summed E-state index contributed by atoms with van der Waals surface area (Å²) in [6.45, 7) is 0. The summed E-state index contributed by atoms with van der Waals surface area (Å²) in [7, 11) is 0. The molecule has 0 radical (unpaired) electrons. The predicted octanol–water partition coefficient (Wildman–Crippen LogP) is 1.95. The zero-order chi connectivity index (χ0) is 10.1. The Labute approximate surface area is 72.8 Å². The van der Waals surface area contributed by atoms with E-state index in [9.17, 15) is 13.2 Å². The van der Waals surface area contributed by atoms with Crippen molar-refractivity contribution in [2.45, 2.75) is 12.2 Å². The highest BCUT2D eigenvalue weighted by atomic mass is 19.4. The molecule has 0 aliphatic heterocycles. The van der Waals surface area contributed by atoms with E-state index in [4.69, 9.17) is 10.8 Å². The van der Waals surface area contributed by atoms with E-state index in [1.165, 1.54) is 12.1 Å². The van der Waals surface area contributed by atoms with E-state index in [0.29, 0.717) is 0 Å². The molecule has 1 aromatic rings. The molecule has 0 aliphatic rings. The Kier molecular flexibility index (Phi) is 2.47. The van der Waals surface area contributed by atoms with Crippen molar-refractivity contribution in [2.75, 3.05) is 0 Å². The van der Waals surface area contributed by atoms with Gasteiger partial charge in [-0.3, -0.25) is 0 Å². The van der Waals surface area contributed by atoms with E-state index in [1.54, 1.807) is 0 Å². The molecule has 0 bridgehead atoms. The molecular formula is C8H8F3NO. The van der Waals surface area contributed by atoms with E-state index in [1.807, 2.05) is 0 Å². The molecule has 0 spiro atoms. The SMILES string of the molecule is NC(c1ccc(O)cc1)C(F)(F)F. The number of halogens is 3. The lowest BCUT2D eigenvalue weighted by Crippen LogP contribution is -2.28. The van der Waals surface area contributed by atoms with E-state index < -0.39 is 12.2 Å². The third-order valence-electron chi connectivity index (χ3n) is 1.60. The van der Waals surface area contributed by atoms with Gasteiger partial charge in [0, 0.05) is 0 Å². The van der Waals surface area contributed by atoms with Crippen LogP contribution in [0, 0.1) is 0 Å². The lowest BCUT2D eigenvalue weighted by Gasteiger charge is -2.15. The number of aromatic hydroxyl groups is 1. The summed E-state index contributed by atoms with van der Waals surface area (Å²) in [5.74, 6) is -0.0851. The maximum Gasteiger partial charge on any atom is 0.407 e. The maximum atomic E-state index is 12.0. The summed E-state index contributed by atoms with van der Waals surface area (Å²) in [6.07, 6.45) is -4.45. The average molecular weight is 191 g/mol. The Morgan fingerprint density at radius 2 is 1.62 bits per heavy atom. The molecule has 72 valence electrons. The molecule has 1 atom stereocenters. The zero-order valence-corrected chi connectivity index (χ0v) is 6.55. The second kappa shape index (κ2) is 3.26. The van der Waals surface area contributed by atoms with Gasteiger partial charge in [-0.15, -0.1) is 0 Å².